The molecular formula is C22H27NO. The van der Waals surface area contributed by atoms with E-state index < -0.39 is 0 Å². The minimum atomic E-state index is 0.774. The quantitative estimate of drug-likeness (QED) is 0.480. The fraction of sp³-hybridized carbons (Fsp3) is 0.409. The van der Waals surface area contributed by atoms with E-state index in [0.717, 1.165) is 42.9 Å². The summed E-state index contributed by atoms with van der Waals surface area (Å²) in [4.78, 5) is 4.44. The summed E-state index contributed by atoms with van der Waals surface area (Å²) in [7, 11) is 0. The fourth-order valence-corrected chi connectivity index (χ4v) is 2.33. The number of hydrogen-bond donors (Lipinski definition) is 0. The molecule has 0 fully saturated rings. The number of rotatable bonds is 8. The predicted molar refractivity (Wildman–Crippen MR) is 100 cm³/mol. The Hall–Kier alpha value is -2.27. The number of aryl methyl sites for hydroxylation is 1. The second-order valence-electron chi connectivity index (χ2n) is 5.99. The molecule has 1 aromatic heterocycles. The first-order valence-corrected chi connectivity index (χ1v) is 9.01. The number of unbranched alkanes of at least 4 members (excludes halogenated alkanes) is 3. The monoisotopic (exact) mass is 321 g/mol. The van der Waals surface area contributed by atoms with Crippen LogP contribution in [-0.2, 0) is 6.42 Å². The molecule has 24 heavy (non-hydrogen) atoms. The van der Waals surface area contributed by atoms with E-state index in [1.807, 2.05) is 36.5 Å². The Balaban J connectivity index is 1.89. The van der Waals surface area contributed by atoms with Gasteiger partial charge in [0.15, 0.2) is 0 Å². The third-order valence-electron chi connectivity index (χ3n) is 3.85. The first-order chi connectivity index (χ1) is 11.8. The normalized spacial score (nSPS) is 10.1. The van der Waals surface area contributed by atoms with Crippen molar-refractivity contribution in [3.05, 3.63) is 59.4 Å². The van der Waals surface area contributed by atoms with Gasteiger partial charge in [-0.15, -0.1) is 0 Å². The average molecular weight is 321 g/mol. The van der Waals surface area contributed by atoms with Crippen LogP contribution in [0.4, 0.5) is 0 Å². The highest BCUT2D eigenvalue weighted by atomic mass is 16.5. The van der Waals surface area contributed by atoms with Crippen LogP contribution in [0.5, 0.6) is 5.75 Å². The van der Waals surface area contributed by atoms with E-state index in [2.05, 4.69) is 36.7 Å². The van der Waals surface area contributed by atoms with Gasteiger partial charge < -0.3 is 4.74 Å². The van der Waals surface area contributed by atoms with Gasteiger partial charge in [0, 0.05) is 11.8 Å². The summed E-state index contributed by atoms with van der Waals surface area (Å²) in [6, 6.07) is 12.1. The number of nitrogens with zero attached hydrogens (tertiary/aromatic N) is 1. The van der Waals surface area contributed by atoms with Crippen molar-refractivity contribution in [1.29, 1.82) is 0 Å². The second kappa shape index (κ2) is 10.5. The highest BCUT2D eigenvalue weighted by Gasteiger charge is 1.96. The molecule has 2 rings (SSSR count). The van der Waals surface area contributed by atoms with E-state index in [4.69, 9.17) is 4.74 Å². The summed E-state index contributed by atoms with van der Waals surface area (Å²) in [6.07, 6.45) is 9.04. The Morgan fingerprint density at radius 2 is 1.67 bits per heavy atom. The van der Waals surface area contributed by atoms with Crippen molar-refractivity contribution in [3.63, 3.8) is 0 Å². The van der Waals surface area contributed by atoms with Gasteiger partial charge in [-0.25, -0.2) is 4.98 Å². The molecule has 0 saturated carbocycles. The third kappa shape index (κ3) is 6.46. The van der Waals surface area contributed by atoms with Crippen molar-refractivity contribution < 1.29 is 4.74 Å². The topological polar surface area (TPSA) is 22.1 Å². The number of benzene rings is 1. The van der Waals surface area contributed by atoms with Crippen molar-refractivity contribution in [2.45, 2.75) is 52.4 Å². The summed E-state index contributed by atoms with van der Waals surface area (Å²) < 4.78 is 5.66. The minimum absolute atomic E-state index is 0.774. The van der Waals surface area contributed by atoms with Crippen LogP contribution in [0.3, 0.4) is 0 Å². The molecule has 1 heterocycles. The van der Waals surface area contributed by atoms with Gasteiger partial charge in [-0.2, -0.15) is 0 Å². The molecule has 0 aliphatic rings. The third-order valence-corrected chi connectivity index (χ3v) is 3.85. The van der Waals surface area contributed by atoms with E-state index in [1.54, 1.807) is 0 Å². The Bertz CT molecular complexity index is 590. The molecule has 0 bridgehead atoms. The molecule has 0 radical (unpaired) electrons. The van der Waals surface area contributed by atoms with Gasteiger partial charge in [0.25, 0.3) is 0 Å². The maximum Gasteiger partial charge on any atom is 0.119 e. The van der Waals surface area contributed by atoms with Crippen LogP contribution in [0.1, 0.15) is 62.8 Å². The van der Waals surface area contributed by atoms with Crippen LogP contribution >= 0.6 is 0 Å². The standard InChI is InChI=1S/C22H27NO/c1-3-5-7-8-20-10-14-21(23-18-20)13-9-19-11-15-22(16-12-19)24-17-6-4-2/h10-12,14-16,18H,3-8,17H2,1-2H3. The Morgan fingerprint density at radius 3 is 2.33 bits per heavy atom. The van der Waals surface area contributed by atoms with Crippen molar-refractivity contribution in [3.8, 4) is 17.6 Å². The molecule has 2 heteroatoms. The highest BCUT2D eigenvalue weighted by molar-refractivity contribution is 5.42. The van der Waals surface area contributed by atoms with Crippen LogP contribution in [0.15, 0.2) is 42.6 Å². The average Bonchev–Trinajstić information content (AvgIpc) is 2.63. The van der Waals surface area contributed by atoms with Gasteiger partial charge in [-0.1, -0.05) is 45.1 Å². The number of ether oxygens (including phenoxy) is 1. The molecule has 0 saturated heterocycles. The van der Waals surface area contributed by atoms with Gasteiger partial charge in [0.1, 0.15) is 11.4 Å². The lowest BCUT2D eigenvalue weighted by Crippen LogP contribution is -1.95. The maximum absolute atomic E-state index is 5.66. The molecule has 0 N–H and O–H groups in total. The zero-order valence-corrected chi connectivity index (χ0v) is 14.8. The van der Waals surface area contributed by atoms with Gasteiger partial charge in [0.05, 0.1) is 6.61 Å². The van der Waals surface area contributed by atoms with Crippen molar-refractivity contribution in [2.75, 3.05) is 6.61 Å². The molecule has 0 amide bonds. The first-order valence-electron chi connectivity index (χ1n) is 9.01. The Labute approximate surface area is 146 Å². The van der Waals surface area contributed by atoms with Crippen molar-refractivity contribution in [1.82, 2.24) is 4.98 Å². The first kappa shape index (κ1) is 18.1. The maximum atomic E-state index is 5.66. The van der Waals surface area contributed by atoms with Gasteiger partial charge >= 0.3 is 0 Å². The van der Waals surface area contributed by atoms with Gasteiger partial charge in [0.2, 0.25) is 0 Å². The van der Waals surface area contributed by atoms with E-state index in [9.17, 15) is 0 Å². The van der Waals surface area contributed by atoms with Crippen LogP contribution < -0.4 is 4.74 Å². The van der Waals surface area contributed by atoms with Crippen LogP contribution in [0, 0.1) is 11.8 Å². The lowest BCUT2D eigenvalue weighted by Gasteiger charge is -2.04. The van der Waals surface area contributed by atoms with E-state index in [-0.39, 0.29) is 0 Å². The van der Waals surface area contributed by atoms with Gasteiger partial charge in [-0.3, -0.25) is 0 Å². The molecule has 0 aliphatic heterocycles. The molecule has 0 unspecified atom stereocenters. The SMILES string of the molecule is CCCCCc1ccc(C#Cc2ccc(OCCCC)cc2)nc1. The Kier molecular flexibility index (Phi) is 7.90. The molecule has 0 spiro atoms. The molecule has 0 aliphatic carbocycles. The lowest BCUT2D eigenvalue weighted by molar-refractivity contribution is 0.309. The van der Waals surface area contributed by atoms with E-state index in [0.29, 0.717) is 0 Å². The molecule has 2 nitrogen and oxygen atoms in total. The lowest BCUT2D eigenvalue weighted by atomic mass is 10.1. The molecular weight excluding hydrogens is 294 g/mol. The van der Waals surface area contributed by atoms with E-state index in [1.165, 1.54) is 24.8 Å². The summed E-state index contributed by atoms with van der Waals surface area (Å²) in [6.45, 7) is 5.16. The summed E-state index contributed by atoms with van der Waals surface area (Å²) in [5.74, 6) is 7.19. The van der Waals surface area contributed by atoms with Gasteiger partial charge in [-0.05, 0) is 61.1 Å². The smallest absolute Gasteiger partial charge is 0.119 e. The molecule has 0 atom stereocenters. The second-order valence-corrected chi connectivity index (χ2v) is 5.99. The number of pyridine rings is 1. The zero-order chi connectivity index (χ0) is 17.0. The molecule has 1 aromatic carbocycles. The number of aromatic nitrogens is 1. The van der Waals surface area contributed by atoms with Crippen LogP contribution in [-0.4, -0.2) is 11.6 Å². The largest absolute Gasteiger partial charge is 0.494 e. The summed E-state index contributed by atoms with van der Waals surface area (Å²) in [5.41, 5.74) is 3.09. The van der Waals surface area contributed by atoms with Crippen molar-refractivity contribution >= 4 is 0 Å². The predicted octanol–water partition coefficient (Wildman–Crippen LogP) is 5.39. The van der Waals surface area contributed by atoms with Crippen molar-refractivity contribution in [2.24, 2.45) is 0 Å². The summed E-state index contributed by atoms with van der Waals surface area (Å²) >= 11 is 0. The molecule has 2 aromatic rings. The highest BCUT2D eigenvalue weighted by Crippen LogP contribution is 2.12. The molecule has 126 valence electrons. The number of hydrogen-bond acceptors (Lipinski definition) is 2. The van der Waals surface area contributed by atoms with E-state index >= 15 is 0 Å². The fourth-order valence-electron chi connectivity index (χ4n) is 2.33. The Morgan fingerprint density at radius 1 is 0.875 bits per heavy atom. The van der Waals surface area contributed by atoms with Crippen LogP contribution in [0.25, 0.3) is 0 Å². The zero-order valence-electron chi connectivity index (χ0n) is 14.8. The minimum Gasteiger partial charge on any atom is -0.494 e. The summed E-state index contributed by atoms with van der Waals surface area (Å²) in [5, 5.41) is 0. The van der Waals surface area contributed by atoms with Crippen LogP contribution in [0.2, 0.25) is 0 Å².